The summed E-state index contributed by atoms with van der Waals surface area (Å²) >= 11 is 6.11. The van der Waals surface area contributed by atoms with Crippen LogP contribution in [0, 0.1) is 5.82 Å². The molecule has 0 spiro atoms. The number of aromatic nitrogens is 2. The molecule has 0 saturated carbocycles. The van der Waals surface area contributed by atoms with Crippen molar-refractivity contribution in [3.05, 3.63) is 88.2 Å². The van der Waals surface area contributed by atoms with E-state index >= 15 is 0 Å². The molecule has 10 nitrogen and oxygen atoms in total. The summed E-state index contributed by atoms with van der Waals surface area (Å²) in [4.78, 5) is 39.8. The van der Waals surface area contributed by atoms with E-state index < -0.39 is 41.0 Å². The van der Waals surface area contributed by atoms with Gasteiger partial charge in [0.15, 0.2) is 0 Å². The molecule has 0 bridgehead atoms. The van der Waals surface area contributed by atoms with Crippen LogP contribution in [0.3, 0.4) is 0 Å². The van der Waals surface area contributed by atoms with Crippen LogP contribution in [-0.2, 0) is 22.2 Å². The number of imidazole rings is 1. The van der Waals surface area contributed by atoms with Crippen molar-refractivity contribution < 1.29 is 46.9 Å². The van der Waals surface area contributed by atoms with E-state index in [9.17, 15) is 31.9 Å². The first kappa shape index (κ1) is 31.8. The second-order valence-corrected chi connectivity index (χ2v) is 10.4. The first-order valence-corrected chi connectivity index (χ1v) is 13.0. The fourth-order valence-corrected chi connectivity index (χ4v) is 4.48. The van der Waals surface area contributed by atoms with Crippen LogP contribution in [0.25, 0.3) is 11.0 Å². The van der Waals surface area contributed by atoms with Gasteiger partial charge in [0.25, 0.3) is 5.91 Å². The van der Waals surface area contributed by atoms with Crippen molar-refractivity contribution in [2.45, 2.75) is 32.0 Å². The second kappa shape index (κ2) is 12.2. The molecule has 1 aliphatic heterocycles. The van der Waals surface area contributed by atoms with Gasteiger partial charge in [-0.05, 0) is 56.3 Å². The first-order valence-electron chi connectivity index (χ1n) is 12.6. The number of benzene rings is 3. The van der Waals surface area contributed by atoms with Gasteiger partial charge in [-0.3, -0.25) is 4.79 Å². The number of carboxylic acids is 2. The Bertz CT molecular complexity index is 1750. The number of alkyl halides is 3. The molecule has 5 rings (SSSR count). The average Bonchev–Trinajstić information content (AvgIpc) is 3.48. The van der Waals surface area contributed by atoms with Crippen molar-refractivity contribution in [2.24, 2.45) is 0 Å². The second-order valence-electron chi connectivity index (χ2n) is 10.0. The zero-order valence-corrected chi connectivity index (χ0v) is 23.6. The molecule has 0 radical (unpaired) electrons. The summed E-state index contributed by atoms with van der Waals surface area (Å²) in [7, 11) is 0. The van der Waals surface area contributed by atoms with Crippen molar-refractivity contribution in [1.29, 1.82) is 0 Å². The van der Waals surface area contributed by atoms with Gasteiger partial charge in [-0.25, -0.2) is 19.0 Å². The van der Waals surface area contributed by atoms with E-state index in [0.29, 0.717) is 40.9 Å². The number of para-hydroxylation sites is 1. The quantitative estimate of drug-likeness (QED) is 0.115. The number of aromatic amines is 1. The summed E-state index contributed by atoms with van der Waals surface area (Å²) in [6.07, 6.45) is -2.91. The molecule has 2 heterocycles. The molecule has 44 heavy (non-hydrogen) atoms. The van der Waals surface area contributed by atoms with Crippen LogP contribution < -0.4 is 15.4 Å². The Balaban J connectivity index is 0.000000488. The molecule has 0 fully saturated rings. The maximum absolute atomic E-state index is 14.3. The number of carbonyl (C=O) groups excluding carboxylic acids is 1. The Morgan fingerprint density at radius 3 is 2.27 bits per heavy atom. The highest BCUT2D eigenvalue weighted by atomic mass is 35.5. The number of nitrogens with one attached hydrogen (secondary N) is 3. The number of H-pyrrole nitrogens is 1. The number of nitrogens with zero attached hydrogens (tertiary/aromatic N) is 1. The molecule has 0 aliphatic carbocycles. The van der Waals surface area contributed by atoms with Crippen molar-refractivity contribution in [3.63, 3.8) is 0 Å². The van der Waals surface area contributed by atoms with E-state index in [2.05, 4.69) is 20.6 Å². The van der Waals surface area contributed by atoms with Crippen LogP contribution in [0.2, 0.25) is 5.02 Å². The highest BCUT2D eigenvalue weighted by molar-refractivity contribution is 6.33. The van der Waals surface area contributed by atoms with E-state index in [0.717, 1.165) is 12.1 Å². The Hall–Kier alpha value is -5.11. The fourth-order valence-electron chi connectivity index (χ4n) is 4.27. The van der Waals surface area contributed by atoms with E-state index in [4.69, 9.17) is 26.6 Å². The molecule has 230 valence electrons. The van der Waals surface area contributed by atoms with E-state index in [-0.39, 0.29) is 27.9 Å². The molecule has 1 aliphatic rings. The number of hydrogen-bond acceptors (Lipinski definition) is 6. The van der Waals surface area contributed by atoms with Gasteiger partial charge in [0.05, 0.1) is 32.9 Å². The third kappa shape index (κ3) is 7.45. The highest BCUT2D eigenvalue weighted by Gasteiger charge is 2.36. The molecule has 0 saturated heterocycles. The summed E-state index contributed by atoms with van der Waals surface area (Å²) in [6, 6.07) is 9.96. The van der Waals surface area contributed by atoms with E-state index in [1.54, 1.807) is 0 Å². The van der Waals surface area contributed by atoms with Crippen LogP contribution >= 0.6 is 11.6 Å². The summed E-state index contributed by atoms with van der Waals surface area (Å²) in [5.74, 6) is -3.09. The Morgan fingerprint density at radius 2 is 1.70 bits per heavy atom. The number of amides is 1. The lowest BCUT2D eigenvalue weighted by molar-refractivity contribution is -0.137. The maximum atomic E-state index is 14.3. The number of aliphatic carboxylic acids is 2. The number of rotatable bonds is 6. The summed E-state index contributed by atoms with van der Waals surface area (Å²) in [5, 5.41) is 21.3. The first-order chi connectivity index (χ1) is 20.5. The van der Waals surface area contributed by atoms with Crippen LogP contribution in [0.5, 0.6) is 5.75 Å². The predicted molar refractivity (Wildman–Crippen MR) is 153 cm³/mol. The van der Waals surface area contributed by atoms with Gasteiger partial charge in [-0.1, -0.05) is 17.7 Å². The molecule has 4 aromatic rings. The number of anilines is 3. The molecular formula is C29H23ClF4N4O6. The minimum atomic E-state index is -4.48. The Morgan fingerprint density at radius 1 is 1.07 bits per heavy atom. The predicted octanol–water partition coefficient (Wildman–Crippen LogP) is 6.80. The number of hydrogen-bond donors (Lipinski definition) is 5. The van der Waals surface area contributed by atoms with Gasteiger partial charge < -0.3 is 30.6 Å². The highest BCUT2D eigenvalue weighted by Crippen LogP contribution is 2.43. The monoisotopic (exact) mass is 634 g/mol. The molecule has 0 atom stereocenters. The molecule has 5 N–H and O–H groups in total. The summed E-state index contributed by atoms with van der Waals surface area (Å²) in [6.45, 7) is 3.72. The molecular weight excluding hydrogens is 612 g/mol. The maximum Gasteiger partial charge on any atom is 0.416 e. The lowest BCUT2D eigenvalue weighted by Gasteiger charge is -2.18. The molecule has 3 aromatic carbocycles. The van der Waals surface area contributed by atoms with Gasteiger partial charge >= 0.3 is 18.1 Å². The number of fused-ring (bicyclic) bond motifs is 3. The van der Waals surface area contributed by atoms with Gasteiger partial charge in [0.2, 0.25) is 5.95 Å². The van der Waals surface area contributed by atoms with Crippen molar-refractivity contribution >= 4 is 57.8 Å². The third-order valence-corrected chi connectivity index (χ3v) is 6.41. The van der Waals surface area contributed by atoms with Gasteiger partial charge in [0, 0.05) is 29.8 Å². The lowest BCUT2D eigenvalue weighted by atomic mass is 9.98. The Kier molecular flexibility index (Phi) is 8.86. The van der Waals surface area contributed by atoms with Gasteiger partial charge in [-0.15, -0.1) is 0 Å². The smallest absolute Gasteiger partial charge is 0.416 e. The minimum Gasteiger partial charge on any atom is -0.486 e. The standard InChI is InChI=1S/C25H19ClF4N4O2.C4H4O4/c1-24(2)11-15-19-18(32-23(33-19)34-20-16(26)4-3-5-17(20)27)10-14(21(15)36-24)22(35)31-13-8-6-12(7-9-13)25(28,29)30;5-3(6)1-2-4(7)8/h3-10H,11H2,1-2H3,(H,31,35)(H2,32,33,34);1-2H,(H,5,6)(H,7,8). The third-order valence-electron chi connectivity index (χ3n) is 6.10. The number of carboxylic acid groups (broad SMARTS) is 2. The molecule has 1 amide bonds. The summed E-state index contributed by atoms with van der Waals surface area (Å²) in [5.41, 5.74) is 0.689. The molecule has 1 aromatic heterocycles. The average molecular weight is 635 g/mol. The topological polar surface area (TPSA) is 154 Å². The summed E-state index contributed by atoms with van der Waals surface area (Å²) < 4.78 is 58.9. The minimum absolute atomic E-state index is 0.0479. The number of carbonyl (C=O) groups is 3. The molecule has 15 heteroatoms. The molecule has 0 unspecified atom stereocenters. The van der Waals surface area contributed by atoms with Crippen LogP contribution in [0.15, 0.2) is 60.7 Å². The lowest BCUT2D eigenvalue weighted by Crippen LogP contribution is -2.25. The zero-order chi connectivity index (χ0) is 32.4. The van der Waals surface area contributed by atoms with Crippen LogP contribution in [-0.4, -0.2) is 43.6 Å². The van der Waals surface area contributed by atoms with Crippen LogP contribution in [0.4, 0.5) is 34.9 Å². The Labute approximate surface area is 251 Å². The van der Waals surface area contributed by atoms with Gasteiger partial charge in [-0.2, -0.15) is 13.2 Å². The zero-order valence-electron chi connectivity index (χ0n) is 22.8. The number of halogens is 5. The SMILES string of the molecule is CC1(C)Cc2c(c(C(=O)Nc3ccc(C(F)(F)F)cc3)cc3[nH]c(Nc4c(F)cccc4Cl)nc23)O1.O=C(O)C=CC(=O)O. The normalized spacial score (nSPS) is 13.5. The van der Waals surface area contributed by atoms with Gasteiger partial charge in [0.1, 0.15) is 17.2 Å². The van der Waals surface area contributed by atoms with Crippen LogP contribution in [0.1, 0.15) is 35.3 Å². The fraction of sp³-hybridized carbons (Fsp3) is 0.172. The number of ether oxygens (including phenoxy) is 1. The largest absolute Gasteiger partial charge is 0.486 e. The van der Waals surface area contributed by atoms with E-state index in [1.807, 2.05) is 13.8 Å². The van der Waals surface area contributed by atoms with Crippen molar-refractivity contribution in [2.75, 3.05) is 10.6 Å². The van der Waals surface area contributed by atoms with Crippen molar-refractivity contribution in [1.82, 2.24) is 9.97 Å². The van der Waals surface area contributed by atoms with Crippen molar-refractivity contribution in [3.8, 4) is 5.75 Å². The van der Waals surface area contributed by atoms with E-state index in [1.165, 1.54) is 36.4 Å².